The highest BCUT2D eigenvalue weighted by Crippen LogP contribution is 2.28. The molecule has 20 heavy (non-hydrogen) atoms. The number of ketones is 1. The third-order valence-corrected chi connectivity index (χ3v) is 3.81. The Balaban J connectivity index is 2.00. The van der Waals surface area contributed by atoms with Gasteiger partial charge in [0, 0.05) is 6.04 Å². The van der Waals surface area contributed by atoms with Crippen LogP contribution in [0.4, 0.5) is 0 Å². The Labute approximate surface area is 121 Å². The maximum absolute atomic E-state index is 12.5. The van der Waals surface area contributed by atoms with Crippen molar-refractivity contribution in [1.29, 1.82) is 0 Å². The van der Waals surface area contributed by atoms with Crippen molar-refractivity contribution in [3.63, 3.8) is 0 Å². The highest BCUT2D eigenvalue weighted by molar-refractivity contribution is 6.00. The van der Waals surface area contributed by atoms with Crippen LogP contribution in [-0.2, 0) is 0 Å². The summed E-state index contributed by atoms with van der Waals surface area (Å²) in [5.74, 6) is 1.52. The van der Waals surface area contributed by atoms with E-state index in [1.807, 2.05) is 24.3 Å². The van der Waals surface area contributed by atoms with Crippen molar-refractivity contribution in [3.05, 3.63) is 29.8 Å². The van der Waals surface area contributed by atoms with E-state index in [1.54, 1.807) is 7.11 Å². The summed E-state index contributed by atoms with van der Waals surface area (Å²) in [6, 6.07) is 8.11. The number of carbonyl (C=O) groups excluding carboxylic acids is 1. The molecule has 0 spiro atoms. The van der Waals surface area contributed by atoms with Crippen LogP contribution < -0.4 is 4.74 Å². The molecule has 0 N–H and O–H groups in total. The van der Waals surface area contributed by atoms with E-state index in [9.17, 15) is 4.79 Å². The number of rotatable bonds is 8. The average Bonchev–Trinajstić information content (AvgIpc) is 3.27. The molecule has 0 saturated heterocycles. The number of methoxy groups -OCH3 is 1. The van der Waals surface area contributed by atoms with Crippen LogP contribution >= 0.6 is 0 Å². The predicted molar refractivity (Wildman–Crippen MR) is 81.4 cm³/mol. The highest BCUT2D eigenvalue weighted by Gasteiger charge is 2.30. The molecule has 0 amide bonds. The number of hydrogen-bond acceptors (Lipinski definition) is 3. The number of ether oxygens (including phenoxy) is 1. The van der Waals surface area contributed by atoms with E-state index in [0.29, 0.717) is 29.8 Å². The van der Waals surface area contributed by atoms with Gasteiger partial charge < -0.3 is 4.74 Å². The molecule has 2 rings (SSSR count). The number of nitrogens with zero attached hydrogens (tertiary/aromatic N) is 1. The molecule has 0 radical (unpaired) electrons. The van der Waals surface area contributed by atoms with Crippen molar-refractivity contribution in [2.75, 3.05) is 20.2 Å². The van der Waals surface area contributed by atoms with Crippen molar-refractivity contribution in [2.45, 2.75) is 39.2 Å². The first-order valence-electron chi connectivity index (χ1n) is 7.52. The van der Waals surface area contributed by atoms with Crippen LogP contribution in [0, 0.1) is 5.92 Å². The van der Waals surface area contributed by atoms with Gasteiger partial charge in [-0.2, -0.15) is 0 Å². The normalized spacial score (nSPS) is 14.8. The minimum Gasteiger partial charge on any atom is -0.496 e. The van der Waals surface area contributed by atoms with Gasteiger partial charge >= 0.3 is 0 Å². The van der Waals surface area contributed by atoms with Gasteiger partial charge in [-0.1, -0.05) is 26.0 Å². The Morgan fingerprint density at radius 1 is 1.35 bits per heavy atom. The Morgan fingerprint density at radius 2 is 2.05 bits per heavy atom. The molecule has 1 aromatic carbocycles. The second-order valence-electron chi connectivity index (χ2n) is 6.01. The van der Waals surface area contributed by atoms with Crippen LogP contribution in [0.15, 0.2) is 24.3 Å². The van der Waals surface area contributed by atoms with Crippen LogP contribution in [0.1, 0.15) is 43.5 Å². The molecule has 1 aromatic rings. The zero-order valence-corrected chi connectivity index (χ0v) is 12.8. The number of benzene rings is 1. The Hall–Kier alpha value is -1.35. The Bertz CT molecular complexity index is 452. The fourth-order valence-electron chi connectivity index (χ4n) is 2.40. The molecule has 0 atom stereocenters. The largest absolute Gasteiger partial charge is 0.496 e. The van der Waals surface area contributed by atoms with Gasteiger partial charge in [0.2, 0.25) is 0 Å². The highest BCUT2D eigenvalue weighted by atomic mass is 16.5. The molecule has 0 unspecified atom stereocenters. The van der Waals surface area contributed by atoms with E-state index in [-0.39, 0.29) is 5.78 Å². The Kier molecular flexibility index (Phi) is 5.18. The summed E-state index contributed by atoms with van der Waals surface area (Å²) in [5.41, 5.74) is 0.699. The van der Waals surface area contributed by atoms with Crippen molar-refractivity contribution in [3.8, 4) is 5.75 Å². The van der Waals surface area contributed by atoms with E-state index in [0.717, 1.165) is 13.0 Å². The van der Waals surface area contributed by atoms with Gasteiger partial charge in [-0.3, -0.25) is 9.69 Å². The lowest BCUT2D eigenvalue weighted by atomic mass is 10.1. The summed E-state index contributed by atoms with van der Waals surface area (Å²) < 4.78 is 5.28. The minimum atomic E-state index is 0.165. The van der Waals surface area contributed by atoms with E-state index < -0.39 is 0 Å². The summed E-state index contributed by atoms with van der Waals surface area (Å²) in [7, 11) is 1.61. The first-order valence-corrected chi connectivity index (χ1v) is 7.52. The molecule has 1 aliphatic carbocycles. The lowest BCUT2D eigenvalue weighted by Gasteiger charge is -2.22. The molecule has 1 fully saturated rings. The smallest absolute Gasteiger partial charge is 0.180 e. The molecule has 0 heterocycles. The first-order chi connectivity index (χ1) is 9.61. The van der Waals surface area contributed by atoms with E-state index in [4.69, 9.17) is 4.74 Å². The SMILES string of the molecule is COc1ccccc1C(=O)CN(CCC(C)C)C1CC1. The Morgan fingerprint density at radius 3 is 2.65 bits per heavy atom. The first kappa shape index (κ1) is 15.0. The second-order valence-corrected chi connectivity index (χ2v) is 6.01. The van der Waals surface area contributed by atoms with E-state index in [1.165, 1.54) is 12.8 Å². The summed E-state index contributed by atoms with van der Waals surface area (Å²) in [5, 5.41) is 0. The summed E-state index contributed by atoms with van der Waals surface area (Å²) in [6.45, 7) is 5.99. The van der Waals surface area contributed by atoms with Gasteiger partial charge in [0.15, 0.2) is 5.78 Å². The topological polar surface area (TPSA) is 29.5 Å². The predicted octanol–water partition coefficient (Wildman–Crippen LogP) is 3.39. The zero-order valence-electron chi connectivity index (χ0n) is 12.8. The maximum atomic E-state index is 12.5. The van der Waals surface area contributed by atoms with Gasteiger partial charge in [-0.25, -0.2) is 0 Å². The molecule has 1 aliphatic rings. The molecule has 3 heteroatoms. The lowest BCUT2D eigenvalue weighted by molar-refractivity contribution is 0.0917. The summed E-state index contributed by atoms with van der Waals surface area (Å²) in [4.78, 5) is 14.8. The van der Waals surface area contributed by atoms with Crippen LogP contribution in [0.5, 0.6) is 5.75 Å². The quantitative estimate of drug-likeness (QED) is 0.681. The average molecular weight is 275 g/mol. The van der Waals surface area contributed by atoms with E-state index in [2.05, 4.69) is 18.7 Å². The standard InChI is InChI=1S/C17H25NO2/c1-13(2)10-11-18(14-8-9-14)12-16(19)15-6-4-5-7-17(15)20-3/h4-7,13-14H,8-12H2,1-3H3. The van der Waals surface area contributed by atoms with E-state index >= 15 is 0 Å². The molecule has 3 nitrogen and oxygen atoms in total. The van der Waals surface area contributed by atoms with Crippen molar-refractivity contribution in [2.24, 2.45) is 5.92 Å². The molecule has 1 saturated carbocycles. The van der Waals surface area contributed by atoms with Crippen LogP contribution in [-0.4, -0.2) is 36.9 Å². The van der Waals surface area contributed by atoms with Gasteiger partial charge in [-0.05, 0) is 43.9 Å². The van der Waals surface area contributed by atoms with Gasteiger partial charge in [0.25, 0.3) is 0 Å². The molecular weight excluding hydrogens is 250 g/mol. The zero-order chi connectivity index (χ0) is 14.5. The summed E-state index contributed by atoms with van der Waals surface area (Å²) in [6.07, 6.45) is 3.62. The molecule has 0 aromatic heterocycles. The van der Waals surface area contributed by atoms with Gasteiger partial charge in [0.05, 0.1) is 19.2 Å². The van der Waals surface area contributed by atoms with Crippen molar-refractivity contribution >= 4 is 5.78 Å². The lowest BCUT2D eigenvalue weighted by Crippen LogP contribution is -2.33. The molecular formula is C17H25NO2. The van der Waals surface area contributed by atoms with Gasteiger partial charge in [0.1, 0.15) is 5.75 Å². The monoisotopic (exact) mass is 275 g/mol. The van der Waals surface area contributed by atoms with Crippen LogP contribution in [0.2, 0.25) is 0 Å². The molecule has 0 bridgehead atoms. The molecule has 110 valence electrons. The number of para-hydroxylation sites is 1. The minimum absolute atomic E-state index is 0.165. The number of hydrogen-bond donors (Lipinski definition) is 0. The third kappa shape index (κ3) is 4.07. The van der Waals surface area contributed by atoms with Gasteiger partial charge in [-0.15, -0.1) is 0 Å². The number of carbonyl (C=O) groups is 1. The second kappa shape index (κ2) is 6.89. The number of Topliss-reactive ketones (excluding diaryl/α,β-unsaturated/α-hetero) is 1. The van der Waals surface area contributed by atoms with Crippen LogP contribution in [0.25, 0.3) is 0 Å². The fraction of sp³-hybridized carbons (Fsp3) is 0.588. The summed E-state index contributed by atoms with van der Waals surface area (Å²) >= 11 is 0. The van der Waals surface area contributed by atoms with Crippen LogP contribution in [0.3, 0.4) is 0 Å². The fourth-order valence-corrected chi connectivity index (χ4v) is 2.40. The van der Waals surface area contributed by atoms with Crippen molar-refractivity contribution in [1.82, 2.24) is 4.90 Å². The maximum Gasteiger partial charge on any atom is 0.180 e. The third-order valence-electron chi connectivity index (χ3n) is 3.81. The molecule has 0 aliphatic heterocycles. The van der Waals surface area contributed by atoms with Crippen molar-refractivity contribution < 1.29 is 9.53 Å².